The molecule has 4 N–H and O–H groups in total. The molecule has 2 rings (SSSR count). The van der Waals surface area contributed by atoms with Crippen molar-refractivity contribution in [3.8, 4) is 0 Å². The number of hydrogen-bond acceptors (Lipinski definition) is 4. The number of benzene rings is 1. The van der Waals surface area contributed by atoms with Crippen LogP contribution in [0.15, 0.2) is 18.2 Å². The number of aryl methyl sites for hydroxylation is 1. The second-order valence-corrected chi connectivity index (χ2v) is 4.97. The maximum absolute atomic E-state index is 12.0. The fraction of sp³-hybridized carbons (Fsp3) is 0.500. The molecule has 0 unspecified atom stereocenters. The highest BCUT2D eigenvalue weighted by atomic mass is 16.5. The van der Waals surface area contributed by atoms with Crippen LogP contribution in [-0.4, -0.2) is 25.7 Å². The lowest BCUT2D eigenvalue weighted by molar-refractivity contribution is 0.0907. The van der Waals surface area contributed by atoms with E-state index in [4.69, 9.17) is 10.6 Å². The summed E-state index contributed by atoms with van der Waals surface area (Å²) in [6.45, 7) is 3.84. The first-order valence-corrected chi connectivity index (χ1v) is 6.64. The Morgan fingerprint density at radius 1 is 1.47 bits per heavy atom. The molecule has 0 aromatic heterocycles. The molecule has 0 atom stereocenters. The largest absolute Gasteiger partial charge is 0.379 e. The van der Waals surface area contributed by atoms with Crippen LogP contribution in [0.2, 0.25) is 0 Å². The van der Waals surface area contributed by atoms with Crippen molar-refractivity contribution >= 4 is 11.6 Å². The Morgan fingerprint density at radius 3 is 2.95 bits per heavy atom. The van der Waals surface area contributed by atoms with Crippen molar-refractivity contribution in [1.29, 1.82) is 0 Å². The third kappa shape index (κ3) is 4.22. The second-order valence-electron chi connectivity index (χ2n) is 4.97. The van der Waals surface area contributed by atoms with Crippen LogP contribution in [-0.2, 0) is 4.74 Å². The van der Waals surface area contributed by atoms with Gasteiger partial charge in [-0.3, -0.25) is 10.6 Å². The zero-order valence-corrected chi connectivity index (χ0v) is 11.2. The van der Waals surface area contributed by atoms with Crippen LogP contribution >= 0.6 is 0 Å². The fourth-order valence-corrected chi connectivity index (χ4v) is 1.84. The minimum Gasteiger partial charge on any atom is -0.379 e. The van der Waals surface area contributed by atoms with E-state index in [0.717, 1.165) is 18.1 Å². The maximum atomic E-state index is 12.0. The molecule has 1 saturated carbocycles. The number of nitrogens with two attached hydrogens (primary N) is 1. The van der Waals surface area contributed by atoms with Crippen LogP contribution in [0.4, 0.5) is 5.69 Å². The molecule has 5 nitrogen and oxygen atoms in total. The molecule has 104 valence electrons. The van der Waals surface area contributed by atoms with Crippen LogP contribution < -0.4 is 16.6 Å². The van der Waals surface area contributed by atoms with Gasteiger partial charge in [0, 0.05) is 13.2 Å². The van der Waals surface area contributed by atoms with Crippen LogP contribution in [0.1, 0.15) is 28.8 Å². The smallest absolute Gasteiger partial charge is 0.253 e. The summed E-state index contributed by atoms with van der Waals surface area (Å²) in [7, 11) is 0. The van der Waals surface area contributed by atoms with Crippen LogP contribution in [0.3, 0.4) is 0 Å². The van der Waals surface area contributed by atoms with Gasteiger partial charge in [-0.2, -0.15) is 0 Å². The molecule has 0 saturated heterocycles. The van der Waals surface area contributed by atoms with Gasteiger partial charge in [0.15, 0.2) is 0 Å². The molecule has 5 heteroatoms. The topological polar surface area (TPSA) is 76.4 Å². The van der Waals surface area contributed by atoms with Crippen molar-refractivity contribution in [2.45, 2.75) is 19.8 Å². The molecule has 0 heterocycles. The number of amides is 1. The van der Waals surface area contributed by atoms with Gasteiger partial charge in [-0.05, 0) is 43.4 Å². The van der Waals surface area contributed by atoms with Crippen LogP contribution in [0, 0.1) is 12.8 Å². The monoisotopic (exact) mass is 263 g/mol. The van der Waals surface area contributed by atoms with Gasteiger partial charge in [0.2, 0.25) is 0 Å². The Kier molecular flexibility index (Phi) is 4.76. The molecular formula is C14H21N3O2. The molecule has 1 aliphatic carbocycles. The van der Waals surface area contributed by atoms with Gasteiger partial charge < -0.3 is 15.5 Å². The van der Waals surface area contributed by atoms with Gasteiger partial charge in [0.1, 0.15) is 0 Å². The van der Waals surface area contributed by atoms with E-state index >= 15 is 0 Å². The molecule has 0 spiro atoms. The number of anilines is 1. The number of ether oxygens (including phenoxy) is 1. The van der Waals surface area contributed by atoms with Gasteiger partial charge in [-0.25, -0.2) is 0 Å². The number of rotatable bonds is 7. The summed E-state index contributed by atoms with van der Waals surface area (Å²) >= 11 is 0. The maximum Gasteiger partial charge on any atom is 0.253 e. The van der Waals surface area contributed by atoms with Crippen LogP contribution in [0.25, 0.3) is 0 Å². The molecular weight excluding hydrogens is 242 g/mol. The van der Waals surface area contributed by atoms with E-state index < -0.39 is 0 Å². The summed E-state index contributed by atoms with van der Waals surface area (Å²) < 4.78 is 5.46. The zero-order valence-electron chi connectivity index (χ0n) is 11.2. The van der Waals surface area contributed by atoms with Crippen molar-refractivity contribution in [3.63, 3.8) is 0 Å². The van der Waals surface area contributed by atoms with Gasteiger partial charge in [-0.1, -0.05) is 6.07 Å². The molecule has 0 bridgehead atoms. The van der Waals surface area contributed by atoms with Crippen molar-refractivity contribution in [1.82, 2.24) is 5.32 Å². The van der Waals surface area contributed by atoms with Gasteiger partial charge in [0.05, 0.1) is 17.9 Å². The van der Waals surface area contributed by atoms with E-state index in [1.807, 2.05) is 19.1 Å². The van der Waals surface area contributed by atoms with Gasteiger partial charge in [0.25, 0.3) is 5.91 Å². The number of nitrogen functional groups attached to an aromatic ring is 1. The minimum absolute atomic E-state index is 0.136. The summed E-state index contributed by atoms with van der Waals surface area (Å²) in [5, 5.41) is 2.83. The molecule has 1 fully saturated rings. The van der Waals surface area contributed by atoms with E-state index in [9.17, 15) is 4.79 Å². The molecule has 1 aromatic carbocycles. The second kappa shape index (κ2) is 6.54. The highest BCUT2D eigenvalue weighted by Crippen LogP contribution is 2.28. The van der Waals surface area contributed by atoms with E-state index in [1.54, 1.807) is 6.07 Å². The summed E-state index contributed by atoms with van der Waals surface area (Å²) in [5.74, 6) is 6.03. The third-order valence-corrected chi connectivity index (χ3v) is 3.16. The number of carbonyl (C=O) groups is 1. The van der Waals surface area contributed by atoms with Crippen LogP contribution in [0.5, 0.6) is 0 Å². The van der Waals surface area contributed by atoms with Crippen molar-refractivity contribution in [3.05, 3.63) is 29.3 Å². The summed E-state index contributed by atoms with van der Waals surface area (Å²) in [6.07, 6.45) is 2.56. The quantitative estimate of drug-likeness (QED) is 0.395. The Morgan fingerprint density at radius 2 is 2.26 bits per heavy atom. The molecule has 19 heavy (non-hydrogen) atoms. The number of carbonyl (C=O) groups excluding carboxylic acids is 1. The molecule has 1 aliphatic rings. The Bertz CT molecular complexity index is 444. The van der Waals surface area contributed by atoms with E-state index in [1.165, 1.54) is 12.8 Å². The van der Waals surface area contributed by atoms with E-state index in [-0.39, 0.29) is 5.91 Å². The number of nitrogens with one attached hydrogen (secondary N) is 2. The Labute approximate surface area is 113 Å². The Hall–Kier alpha value is -1.59. The van der Waals surface area contributed by atoms with Crippen molar-refractivity contribution < 1.29 is 9.53 Å². The van der Waals surface area contributed by atoms with E-state index in [2.05, 4.69) is 10.7 Å². The standard InChI is InChI=1S/C14H21N3O2/c1-10-2-5-12(13(8-10)17-15)14(18)16-6-7-19-9-11-3-4-11/h2,5,8,11,17H,3-4,6-7,9,15H2,1H3,(H,16,18). The zero-order chi connectivity index (χ0) is 13.7. The molecule has 1 aromatic rings. The molecule has 0 radical (unpaired) electrons. The lowest BCUT2D eigenvalue weighted by atomic mass is 10.1. The first-order valence-electron chi connectivity index (χ1n) is 6.64. The SMILES string of the molecule is Cc1ccc(C(=O)NCCOCC2CC2)c(NN)c1. The average molecular weight is 263 g/mol. The molecule has 0 aliphatic heterocycles. The first kappa shape index (κ1) is 13.8. The highest BCUT2D eigenvalue weighted by Gasteiger charge is 2.20. The van der Waals surface area contributed by atoms with Crippen molar-refractivity contribution in [2.24, 2.45) is 11.8 Å². The lowest BCUT2D eigenvalue weighted by Gasteiger charge is -2.10. The fourth-order valence-electron chi connectivity index (χ4n) is 1.84. The predicted molar refractivity (Wildman–Crippen MR) is 74.9 cm³/mol. The predicted octanol–water partition coefficient (Wildman–Crippen LogP) is 1.44. The van der Waals surface area contributed by atoms with E-state index in [0.29, 0.717) is 24.4 Å². The normalized spacial score (nSPS) is 14.2. The summed E-state index contributed by atoms with van der Waals surface area (Å²) in [4.78, 5) is 12.0. The third-order valence-electron chi connectivity index (χ3n) is 3.16. The van der Waals surface area contributed by atoms with Crippen molar-refractivity contribution in [2.75, 3.05) is 25.2 Å². The number of hydrazine groups is 1. The number of hydrogen-bond donors (Lipinski definition) is 3. The lowest BCUT2D eigenvalue weighted by Crippen LogP contribution is -2.28. The average Bonchev–Trinajstić information content (AvgIpc) is 3.22. The highest BCUT2D eigenvalue weighted by molar-refractivity contribution is 5.99. The summed E-state index contributed by atoms with van der Waals surface area (Å²) in [6, 6.07) is 5.50. The van der Waals surface area contributed by atoms with Gasteiger partial charge >= 0.3 is 0 Å². The first-order chi connectivity index (χ1) is 9.20. The van der Waals surface area contributed by atoms with Gasteiger partial charge in [-0.15, -0.1) is 0 Å². The summed E-state index contributed by atoms with van der Waals surface area (Å²) in [5.41, 5.74) is 4.79. The minimum atomic E-state index is -0.136. The Balaban J connectivity index is 1.78. The molecule has 1 amide bonds.